The van der Waals surface area contributed by atoms with Crippen LogP contribution < -0.4 is 5.32 Å². The molecule has 0 amide bonds. The van der Waals surface area contributed by atoms with E-state index in [0.29, 0.717) is 5.92 Å². The lowest BCUT2D eigenvalue weighted by Crippen LogP contribution is -2.43. The summed E-state index contributed by atoms with van der Waals surface area (Å²) in [5, 5.41) is 6.80. The first-order valence-electron chi connectivity index (χ1n) is 8.14. The number of rotatable bonds is 3. The summed E-state index contributed by atoms with van der Waals surface area (Å²) >= 11 is 1.74. The van der Waals surface area contributed by atoms with Crippen LogP contribution in [0.3, 0.4) is 0 Å². The largest absolute Gasteiger partial charge is 0.351 e. The van der Waals surface area contributed by atoms with Crippen molar-refractivity contribution in [3.05, 3.63) is 51.5 Å². The molecular weight excluding hydrogens is 431 g/mol. The van der Waals surface area contributed by atoms with Crippen LogP contribution in [0.1, 0.15) is 41.6 Å². The Morgan fingerprint density at radius 1 is 1.33 bits per heavy atom. The number of aliphatic imine (C=N–C) groups is 1. The molecule has 3 rings (SSSR count). The van der Waals surface area contributed by atoms with Crippen molar-refractivity contribution in [2.24, 2.45) is 4.99 Å². The van der Waals surface area contributed by atoms with Crippen molar-refractivity contribution in [2.75, 3.05) is 13.6 Å². The zero-order valence-corrected chi connectivity index (χ0v) is 17.6. The number of aromatic nitrogens is 1. The second-order valence-electron chi connectivity index (χ2n) is 6.17. The van der Waals surface area contributed by atoms with Gasteiger partial charge in [0, 0.05) is 31.4 Å². The van der Waals surface area contributed by atoms with Gasteiger partial charge in [0.05, 0.1) is 17.2 Å². The van der Waals surface area contributed by atoms with Crippen LogP contribution in [0.5, 0.6) is 0 Å². The highest BCUT2D eigenvalue weighted by Crippen LogP contribution is 2.20. The Labute approximate surface area is 165 Å². The normalized spacial score (nSPS) is 14.3. The predicted molar refractivity (Wildman–Crippen MR) is 112 cm³/mol. The summed E-state index contributed by atoms with van der Waals surface area (Å²) in [5.74, 6) is 1.45. The van der Waals surface area contributed by atoms with E-state index in [1.54, 1.807) is 11.3 Å². The van der Waals surface area contributed by atoms with E-state index in [4.69, 9.17) is 0 Å². The van der Waals surface area contributed by atoms with Crippen LogP contribution in [0.15, 0.2) is 34.6 Å². The molecule has 0 saturated heterocycles. The molecule has 4 nitrogen and oxygen atoms in total. The molecule has 0 spiro atoms. The van der Waals surface area contributed by atoms with E-state index >= 15 is 0 Å². The fraction of sp³-hybridized carbons (Fsp3) is 0.444. The number of fused-ring (bicyclic) bond motifs is 1. The van der Waals surface area contributed by atoms with Crippen LogP contribution >= 0.6 is 35.3 Å². The van der Waals surface area contributed by atoms with Crippen molar-refractivity contribution in [1.82, 2.24) is 15.2 Å². The van der Waals surface area contributed by atoms with Crippen molar-refractivity contribution in [3.63, 3.8) is 0 Å². The summed E-state index contributed by atoms with van der Waals surface area (Å²) in [4.78, 5) is 11.4. The lowest BCUT2D eigenvalue weighted by Gasteiger charge is -2.31. The maximum Gasteiger partial charge on any atom is 0.194 e. The molecule has 0 fully saturated rings. The Morgan fingerprint density at radius 2 is 2.08 bits per heavy atom. The average Bonchev–Trinajstić information content (AvgIpc) is 3.04. The fourth-order valence-corrected chi connectivity index (χ4v) is 3.68. The monoisotopic (exact) mass is 456 g/mol. The third-order valence-corrected chi connectivity index (χ3v) is 5.33. The van der Waals surface area contributed by atoms with E-state index in [0.717, 1.165) is 37.7 Å². The molecule has 1 aliphatic rings. The quantitative estimate of drug-likeness (QED) is 0.431. The number of nitrogens with one attached hydrogen (secondary N) is 1. The van der Waals surface area contributed by atoms with E-state index in [2.05, 4.69) is 63.7 Å². The predicted octanol–water partition coefficient (Wildman–Crippen LogP) is 4.02. The van der Waals surface area contributed by atoms with Crippen LogP contribution in [0, 0.1) is 0 Å². The Kier molecular flexibility index (Phi) is 7.03. The highest BCUT2D eigenvalue weighted by molar-refractivity contribution is 14.0. The summed E-state index contributed by atoms with van der Waals surface area (Å²) in [5.41, 5.74) is 3.95. The summed E-state index contributed by atoms with van der Waals surface area (Å²) in [7, 11) is 1.85. The molecule has 0 aliphatic carbocycles. The van der Waals surface area contributed by atoms with Gasteiger partial charge in [-0.15, -0.1) is 35.3 Å². The van der Waals surface area contributed by atoms with Crippen molar-refractivity contribution in [2.45, 2.75) is 39.3 Å². The minimum Gasteiger partial charge on any atom is -0.351 e. The maximum atomic E-state index is 4.68. The highest BCUT2D eigenvalue weighted by Gasteiger charge is 2.18. The molecule has 0 radical (unpaired) electrons. The first kappa shape index (κ1) is 19.2. The van der Waals surface area contributed by atoms with Gasteiger partial charge in [-0.25, -0.2) is 4.98 Å². The standard InChI is InChI=1S/C18H24N4S.HI/c1-13(2)17-21-16(12-23-17)10-20-18(19-3)22-9-8-14-6-4-5-7-15(14)11-22;/h4-7,12-13H,8-11H2,1-3H3,(H,19,20);1H. The van der Waals surface area contributed by atoms with Gasteiger partial charge in [-0.2, -0.15) is 0 Å². The molecule has 130 valence electrons. The lowest BCUT2D eigenvalue weighted by atomic mass is 10.0. The minimum atomic E-state index is 0. The Morgan fingerprint density at radius 3 is 2.75 bits per heavy atom. The van der Waals surface area contributed by atoms with Gasteiger partial charge in [0.2, 0.25) is 0 Å². The molecule has 1 aliphatic heterocycles. The molecule has 6 heteroatoms. The van der Waals surface area contributed by atoms with Crippen molar-refractivity contribution in [3.8, 4) is 0 Å². The molecule has 0 saturated carbocycles. The molecular formula is C18H25IN4S. The molecule has 24 heavy (non-hydrogen) atoms. The van der Waals surface area contributed by atoms with Gasteiger partial charge in [-0.05, 0) is 17.5 Å². The topological polar surface area (TPSA) is 40.5 Å². The molecule has 1 aromatic carbocycles. The first-order valence-corrected chi connectivity index (χ1v) is 9.02. The zero-order chi connectivity index (χ0) is 16.2. The Balaban J connectivity index is 0.00000208. The third kappa shape index (κ3) is 4.47. The average molecular weight is 456 g/mol. The molecule has 0 bridgehead atoms. The number of nitrogens with zero attached hydrogens (tertiary/aromatic N) is 3. The zero-order valence-electron chi connectivity index (χ0n) is 14.5. The molecule has 2 aromatic rings. The molecule has 0 unspecified atom stereocenters. The van der Waals surface area contributed by atoms with Gasteiger partial charge in [-0.3, -0.25) is 4.99 Å². The molecule has 1 aromatic heterocycles. The Hall–Kier alpha value is -1.15. The van der Waals surface area contributed by atoms with E-state index in [1.807, 2.05) is 7.05 Å². The number of hydrogen-bond acceptors (Lipinski definition) is 3. The van der Waals surface area contributed by atoms with E-state index in [1.165, 1.54) is 16.1 Å². The lowest BCUT2D eigenvalue weighted by molar-refractivity contribution is 0.378. The van der Waals surface area contributed by atoms with Gasteiger partial charge in [0.1, 0.15) is 0 Å². The van der Waals surface area contributed by atoms with Gasteiger partial charge < -0.3 is 10.2 Å². The van der Waals surface area contributed by atoms with E-state index in [9.17, 15) is 0 Å². The van der Waals surface area contributed by atoms with Crippen LogP contribution in [-0.2, 0) is 19.5 Å². The number of benzene rings is 1. The van der Waals surface area contributed by atoms with E-state index < -0.39 is 0 Å². The summed E-state index contributed by atoms with van der Waals surface area (Å²) in [6.07, 6.45) is 1.07. The fourth-order valence-electron chi connectivity index (χ4n) is 2.85. The molecule has 2 heterocycles. The summed E-state index contributed by atoms with van der Waals surface area (Å²) < 4.78 is 0. The van der Waals surface area contributed by atoms with Crippen LogP contribution in [-0.4, -0.2) is 29.4 Å². The van der Waals surface area contributed by atoms with Gasteiger partial charge >= 0.3 is 0 Å². The number of guanidine groups is 1. The summed E-state index contributed by atoms with van der Waals surface area (Å²) in [6, 6.07) is 8.67. The second kappa shape index (κ2) is 8.80. The van der Waals surface area contributed by atoms with Gasteiger partial charge in [0.15, 0.2) is 5.96 Å². The van der Waals surface area contributed by atoms with Crippen LogP contribution in [0.2, 0.25) is 0 Å². The third-order valence-electron chi connectivity index (χ3n) is 4.13. The van der Waals surface area contributed by atoms with Crippen molar-refractivity contribution < 1.29 is 0 Å². The van der Waals surface area contributed by atoms with Gasteiger partial charge in [-0.1, -0.05) is 38.1 Å². The Bertz CT molecular complexity index is 696. The van der Waals surface area contributed by atoms with Crippen molar-refractivity contribution in [1.29, 1.82) is 0 Å². The number of halogens is 1. The smallest absolute Gasteiger partial charge is 0.194 e. The van der Waals surface area contributed by atoms with Crippen molar-refractivity contribution >= 4 is 41.3 Å². The number of hydrogen-bond donors (Lipinski definition) is 1. The highest BCUT2D eigenvalue weighted by atomic mass is 127. The van der Waals surface area contributed by atoms with Crippen LogP contribution in [0.4, 0.5) is 0 Å². The maximum absolute atomic E-state index is 4.68. The SMILES string of the molecule is CN=C(NCc1csc(C(C)C)n1)N1CCc2ccccc2C1.I. The van der Waals surface area contributed by atoms with Gasteiger partial charge in [0.25, 0.3) is 0 Å². The molecule has 1 N–H and O–H groups in total. The second-order valence-corrected chi connectivity index (χ2v) is 7.06. The minimum absolute atomic E-state index is 0. The number of thiazole rings is 1. The summed E-state index contributed by atoms with van der Waals surface area (Å²) in [6.45, 7) is 7.02. The first-order chi connectivity index (χ1) is 11.2. The van der Waals surface area contributed by atoms with Crippen LogP contribution in [0.25, 0.3) is 0 Å². The van der Waals surface area contributed by atoms with E-state index in [-0.39, 0.29) is 24.0 Å². The molecule has 0 atom stereocenters.